The molecular weight excluding hydrogens is 284 g/mol. The Morgan fingerprint density at radius 3 is 2.13 bits per heavy atom. The van der Waals surface area contributed by atoms with Crippen LogP contribution in [0.1, 0.15) is 34.7 Å². The van der Waals surface area contributed by atoms with Crippen LogP contribution in [0.5, 0.6) is 0 Å². The van der Waals surface area contributed by atoms with Crippen molar-refractivity contribution in [1.82, 2.24) is 4.90 Å². The van der Waals surface area contributed by atoms with E-state index in [9.17, 15) is 4.79 Å². The van der Waals surface area contributed by atoms with Gasteiger partial charge in [0.1, 0.15) is 0 Å². The van der Waals surface area contributed by atoms with Crippen molar-refractivity contribution in [3.63, 3.8) is 0 Å². The Morgan fingerprint density at radius 1 is 1.04 bits per heavy atom. The number of amides is 1. The van der Waals surface area contributed by atoms with Crippen LogP contribution in [0.15, 0.2) is 36.4 Å². The van der Waals surface area contributed by atoms with Crippen molar-refractivity contribution in [3.05, 3.63) is 64.2 Å². The summed E-state index contributed by atoms with van der Waals surface area (Å²) in [7, 11) is 0. The zero-order valence-electron chi connectivity index (χ0n) is 14.1. The van der Waals surface area contributed by atoms with Crippen molar-refractivity contribution >= 4 is 11.6 Å². The normalized spacial score (nSPS) is 13.9. The van der Waals surface area contributed by atoms with Gasteiger partial charge < -0.3 is 5.32 Å². The molecule has 3 rings (SSSR count). The molecule has 0 aliphatic carbocycles. The van der Waals surface area contributed by atoms with Crippen LogP contribution >= 0.6 is 0 Å². The quantitative estimate of drug-likeness (QED) is 0.931. The molecule has 0 saturated heterocycles. The number of benzene rings is 2. The summed E-state index contributed by atoms with van der Waals surface area (Å²) in [6.07, 6.45) is 1.01. The van der Waals surface area contributed by atoms with E-state index in [2.05, 4.69) is 55.3 Å². The van der Waals surface area contributed by atoms with E-state index < -0.39 is 0 Å². The molecule has 0 aromatic heterocycles. The van der Waals surface area contributed by atoms with E-state index in [1.165, 1.54) is 27.8 Å². The summed E-state index contributed by atoms with van der Waals surface area (Å²) in [6, 6.07) is 12.6. The Kier molecular flexibility index (Phi) is 4.49. The van der Waals surface area contributed by atoms with E-state index in [4.69, 9.17) is 0 Å². The Balaban J connectivity index is 1.59. The van der Waals surface area contributed by atoms with Crippen molar-refractivity contribution in [2.24, 2.45) is 0 Å². The van der Waals surface area contributed by atoms with Gasteiger partial charge in [-0.15, -0.1) is 0 Å². The predicted molar refractivity (Wildman–Crippen MR) is 94.5 cm³/mol. The van der Waals surface area contributed by atoms with Crippen molar-refractivity contribution in [3.8, 4) is 0 Å². The Hall–Kier alpha value is -2.13. The maximum atomic E-state index is 12.3. The molecule has 23 heavy (non-hydrogen) atoms. The highest BCUT2D eigenvalue weighted by Crippen LogP contribution is 2.25. The number of hydrogen-bond acceptors (Lipinski definition) is 2. The molecular formula is C20H24N2O. The third kappa shape index (κ3) is 3.62. The summed E-state index contributed by atoms with van der Waals surface area (Å²) in [5.74, 6) is 0.0514. The van der Waals surface area contributed by atoms with Gasteiger partial charge in [-0.1, -0.05) is 31.2 Å². The third-order valence-electron chi connectivity index (χ3n) is 4.62. The lowest BCUT2D eigenvalue weighted by Crippen LogP contribution is -2.29. The molecule has 0 bridgehead atoms. The van der Waals surface area contributed by atoms with Crippen molar-refractivity contribution in [2.75, 3.05) is 11.9 Å². The van der Waals surface area contributed by atoms with Gasteiger partial charge in [-0.2, -0.15) is 0 Å². The average Bonchev–Trinajstić information content (AvgIpc) is 2.89. The zero-order chi connectivity index (χ0) is 16.4. The fourth-order valence-electron chi connectivity index (χ4n) is 3.11. The minimum Gasteiger partial charge on any atom is -0.325 e. The van der Waals surface area contributed by atoms with Crippen LogP contribution in [0.4, 0.5) is 5.69 Å². The van der Waals surface area contributed by atoms with Gasteiger partial charge in [0.2, 0.25) is 5.91 Å². The number of carbonyl (C=O) groups excluding carboxylic acids is 1. The predicted octanol–water partition coefficient (Wildman–Crippen LogP) is 3.82. The number of nitrogens with one attached hydrogen (secondary N) is 1. The minimum absolute atomic E-state index is 0.0514. The molecule has 0 spiro atoms. The summed E-state index contributed by atoms with van der Waals surface area (Å²) >= 11 is 0. The Morgan fingerprint density at radius 2 is 1.61 bits per heavy atom. The molecule has 1 amide bonds. The first kappa shape index (κ1) is 15.8. The van der Waals surface area contributed by atoms with Gasteiger partial charge in [0.05, 0.1) is 6.54 Å². The summed E-state index contributed by atoms with van der Waals surface area (Å²) in [5, 5.41) is 2.99. The lowest BCUT2D eigenvalue weighted by molar-refractivity contribution is -0.117. The summed E-state index contributed by atoms with van der Waals surface area (Å²) in [5.41, 5.74) is 7.51. The molecule has 120 valence electrons. The first-order valence-corrected chi connectivity index (χ1v) is 8.25. The lowest BCUT2D eigenvalue weighted by Gasteiger charge is -2.14. The first-order chi connectivity index (χ1) is 11.0. The SMILES string of the molecule is CCc1ccc(NC(=O)CN2Cc3cc(C)c(C)cc3C2)cc1. The molecule has 0 atom stereocenters. The molecule has 2 aromatic rings. The fraction of sp³-hybridized carbons (Fsp3) is 0.350. The van der Waals surface area contributed by atoms with Gasteiger partial charge in [0.15, 0.2) is 0 Å². The molecule has 1 aliphatic heterocycles. The van der Waals surface area contributed by atoms with Gasteiger partial charge in [-0.05, 0) is 60.2 Å². The van der Waals surface area contributed by atoms with E-state index in [0.717, 1.165) is 25.2 Å². The Labute approximate surface area is 138 Å². The smallest absolute Gasteiger partial charge is 0.238 e. The topological polar surface area (TPSA) is 32.3 Å². The van der Waals surface area contributed by atoms with Crippen LogP contribution in [0, 0.1) is 13.8 Å². The van der Waals surface area contributed by atoms with Gasteiger partial charge >= 0.3 is 0 Å². The van der Waals surface area contributed by atoms with Gasteiger partial charge in [-0.25, -0.2) is 0 Å². The molecule has 1 aliphatic rings. The fourth-order valence-corrected chi connectivity index (χ4v) is 3.11. The van der Waals surface area contributed by atoms with E-state index in [1.54, 1.807) is 0 Å². The van der Waals surface area contributed by atoms with Crippen LogP contribution < -0.4 is 5.32 Å². The maximum Gasteiger partial charge on any atom is 0.238 e. The van der Waals surface area contributed by atoms with Crippen LogP contribution in [0.2, 0.25) is 0 Å². The van der Waals surface area contributed by atoms with E-state index >= 15 is 0 Å². The minimum atomic E-state index is 0.0514. The molecule has 2 aromatic carbocycles. The van der Waals surface area contributed by atoms with E-state index in [-0.39, 0.29) is 5.91 Å². The van der Waals surface area contributed by atoms with Crippen LogP contribution in [0.25, 0.3) is 0 Å². The van der Waals surface area contributed by atoms with Crippen LogP contribution in [-0.4, -0.2) is 17.4 Å². The van der Waals surface area contributed by atoms with Gasteiger partial charge in [-0.3, -0.25) is 9.69 Å². The van der Waals surface area contributed by atoms with Crippen molar-refractivity contribution < 1.29 is 4.79 Å². The molecule has 0 unspecified atom stereocenters. The maximum absolute atomic E-state index is 12.3. The van der Waals surface area contributed by atoms with Crippen molar-refractivity contribution in [1.29, 1.82) is 0 Å². The number of rotatable bonds is 4. The average molecular weight is 308 g/mol. The molecule has 3 heteroatoms. The second kappa shape index (κ2) is 6.55. The number of aryl methyl sites for hydroxylation is 3. The molecule has 1 N–H and O–H groups in total. The summed E-state index contributed by atoms with van der Waals surface area (Å²) in [4.78, 5) is 14.4. The largest absolute Gasteiger partial charge is 0.325 e. The van der Waals surface area contributed by atoms with E-state index in [1.807, 2.05) is 12.1 Å². The highest BCUT2D eigenvalue weighted by Gasteiger charge is 2.21. The van der Waals surface area contributed by atoms with E-state index in [0.29, 0.717) is 6.54 Å². The van der Waals surface area contributed by atoms with Crippen LogP contribution in [-0.2, 0) is 24.3 Å². The van der Waals surface area contributed by atoms with Gasteiger partial charge in [0.25, 0.3) is 0 Å². The third-order valence-corrected chi connectivity index (χ3v) is 4.62. The lowest BCUT2D eigenvalue weighted by atomic mass is 10.0. The molecule has 0 saturated carbocycles. The van der Waals surface area contributed by atoms with Crippen LogP contribution in [0.3, 0.4) is 0 Å². The highest BCUT2D eigenvalue weighted by atomic mass is 16.2. The summed E-state index contributed by atoms with van der Waals surface area (Å²) in [6.45, 7) is 8.57. The summed E-state index contributed by atoms with van der Waals surface area (Å²) < 4.78 is 0. The first-order valence-electron chi connectivity index (χ1n) is 8.25. The second-order valence-electron chi connectivity index (χ2n) is 6.45. The number of anilines is 1. The second-order valence-corrected chi connectivity index (χ2v) is 6.45. The number of nitrogens with zero attached hydrogens (tertiary/aromatic N) is 1. The van der Waals surface area contributed by atoms with Gasteiger partial charge in [0, 0.05) is 18.8 Å². The number of hydrogen-bond donors (Lipinski definition) is 1. The standard InChI is InChI=1S/C20H24N2O/c1-4-16-5-7-19(8-6-16)21-20(23)13-22-11-17-9-14(2)15(3)10-18(17)12-22/h5-10H,4,11-13H2,1-3H3,(H,21,23). The molecule has 0 fully saturated rings. The monoisotopic (exact) mass is 308 g/mol. The highest BCUT2D eigenvalue weighted by molar-refractivity contribution is 5.92. The number of fused-ring (bicyclic) bond motifs is 1. The molecule has 3 nitrogen and oxygen atoms in total. The molecule has 1 heterocycles. The van der Waals surface area contributed by atoms with Crippen molar-refractivity contribution in [2.45, 2.75) is 40.3 Å². The Bertz CT molecular complexity index is 688. The zero-order valence-corrected chi connectivity index (χ0v) is 14.1. The molecule has 0 radical (unpaired) electrons. The number of carbonyl (C=O) groups is 1.